The van der Waals surface area contributed by atoms with Crippen LogP contribution in [0.1, 0.15) is 43.0 Å². The molecule has 102 valence electrons. The highest BCUT2D eigenvalue weighted by atomic mass is 79.9. The van der Waals surface area contributed by atoms with E-state index in [2.05, 4.69) is 59.4 Å². The molecule has 1 N–H and O–H groups in total. The molecule has 0 fully saturated rings. The summed E-state index contributed by atoms with van der Waals surface area (Å²) in [5, 5.41) is 3.52. The fourth-order valence-electron chi connectivity index (χ4n) is 2.34. The second-order valence-electron chi connectivity index (χ2n) is 4.64. The quantitative estimate of drug-likeness (QED) is 0.834. The van der Waals surface area contributed by atoms with Gasteiger partial charge in [0.2, 0.25) is 0 Å². The highest BCUT2D eigenvalue weighted by Gasteiger charge is 2.17. The predicted molar refractivity (Wildman–Crippen MR) is 82.4 cm³/mol. The maximum Gasteiger partial charge on any atom is 0.174 e. The van der Waals surface area contributed by atoms with Crippen LogP contribution in [0.25, 0.3) is 0 Å². The average molecular weight is 322 g/mol. The summed E-state index contributed by atoms with van der Waals surface area (Å²) < 4.78 is 6.17. The molecule has 1 unspecified atom stereocenters. The summed E-state index contributed by atoms with van der Waals surface area (Å²) in [5.74, 6) is 0. The van der Waals surface area contributed by atoms with Crippen LogP contribution in [-0.4, -0.2) is 6.54 Å². The molecule has 0 aliphatic heterocycles. The van der Waals surface area contributed by atoms with E-state index in [0.717, 1.165) is 23.2 Å². The van der Waals surface area contributed by atoms with E-state index in [9.17, 15) is 0 Å². The summed E-state index contributed by atoms with van der Waals surface area (Å²) in [6.45, 7) is 5.25. The molecule has 0 aliphatic rings. The van der Waals surface area contributed by atoms with Crippen molar-refractivity contribution in [2.45, 2.75) is 32.7 Å². The third kappa shape index (κ3) is 3.48. The Labute approximate surface area is 123 Å². The first-order valence-corrected chi connectivity index (χ1v) is 7.60. The van der Waals surface area contributed by atoms with Gasteiger partial charge in [-0.15, -0.1) is 0 Å². The molecular formula is C16H20BrNO. The van der Waals surface area contributed by atoms with Crippen LogP contribution in [0.4, 0.5) is 0 Å². The first-order valence-electron chi connectivity index (χ1n) is 6.81. The molecule has 1 heterocycles. The van der Waals surface area contributed by atoms with Crippen molar-refractivity contribution in [3.8, 4) is 0 Å². The Balaban J connectivity index is 2.33. The van der Waals surface area contributed by atoms with E-state index in [-0.39, 0.29) is 6.04 Å². The van der Waals surface area contributed by atoms with Gasteiger partial charge >= 0.3 is 0 Å². The molecule has 1 aromatic heterocycles. The predicted octanol–water partition coefficient (Wildman–Crippen LogP) is 4.69. The largest absolute Gasteiger partial charge is 0.457 e. The monoisotopic (exact) mass is 321 g/mol. The standard InChI is InChI=1S/C16H20BrNO/c1-3-6-12-7-5-8-13(11-12)15(18-4-2)14-9-10-19-16(14)17/h5,7-11,15,18H,3-4,6H2,1-2H3. The highest BCUT2D eigenvalue weighted by molar-refractivity contribution is 9.10. The fraction of sp³-hybridized carbons (Fsp3) is 0.375. The van der Waals surface area contributed by atoms with Gasteiger partial charge in [0.15, 0.2) is 4.67 Å². The number of furan rings is 1. The Bertz CT molecular complexity index is 521. The Hall–Kier alpha value is -1.06. The summed E-state index contributed by atoms with van der Waals surface area (Å²) >= 11 is 3.48. The maximum atomic E-state index is 5.37. The van der Waals surface area contributed by atoms with Crippen LogP contribution in [0.2, 0.25) is 0 Å². The Morgan fingerprint density at radius 3 is 2.74 bits per heavy atom. The number of halogens is 1. The van der Waals surface area contributed by atoms with Crippen LogP contribution < -0.4 is 5.32 Å². The number of nitrogens with one attached hydrogen (secondary N) is 1. The van der Waals surface area contributed by atoms with Gasteiger partial charge in [0.25, 0.3) is 0 Å². The Morgan fingerprint density at radius 1 is 1.26 bits per heavy atom. The molecule has 0 aliphatic carbocycles. The molecule has 1 atom stereocenters. The fourth-order valence-corrected chi connectivity index (χ4v) is 2.81. The number of hydrogen-bond donors (Lipinski definition) is 1. The van der Waals surface area contributed by atoms with Gasteiger partial charge in [0.1, 0.15) is 0 Å². The molecule has 0 radical (unpaired) electrons. The Kier molecular flexibility index (Phi) is 5.23. The van der Waals surface area contributed by atoms with Crippen molar-refractivity contribution in [3.63, 3.8) is 0 Å². The van der Waals surface area contributed by atoms with E-state index in [1.165, 1.54) is 17.5 Å². The number of hydrogen-bond acceptors (Lipinski definition) is 2. The van der Waals surface area contributed by atoms with Crippen LogP contribution in [-0.2, 0) is 6.42 Å². The van der Waals surface area contributed by atoms with Gasteiger partial charge in [-0.2, -0.15) is 0 Å². The van der Waals surface area contributed by atoms with Crippen molar-refractivity contribution >= 4 is 15.9 Å². The number of aryl methyl sites for hydroxylation is 1. The molecule has 0 saturated heterocycles. The first-order chi connectivity index (χ1) is 9.26. The van der Waals surface area contributed by atoms with Crippen LogP contribution in [0.5, 0.6) is 0 Å². The minimum atomic E-state index is 0.176. The zero-order valence-corrected chi connectivity index (χ0v) is 13.0. The van der Waals surface area contributed by atoms with Gasteiger partial charge in [-0.1, -0.05) is 44.5 Å². The normalized spacial score (nSPS) is 12.6. The lowest BCUT2D eigenvalue weighted by molar-refractivity contribution is 0.526. The summed E-state index contributed by atoms with van der Waals surface area (Å²) in [5.41, 5.74) is 3.83. The van der Waals surface area contributed by atoms with Gasteiger partial charge in [0.05, 0.1) is 12.3 Å². The van der Waals surface area contributed by atoms with E-state index < -0.39 is 0 Å². The lowest BCUT2D eigenvalue weighted by Gasteiger charge is -2.18. The SMILES string of the molecule is CCCc1cccc(C(NCC)c2ccoc2Br)c1. The minimum Gasteiger partial charge on any atom is -0.457 e. The smallest absolute Gasteiger partial charge is 0.174 e. The molecule has 2 nitrogen and oxygen atoms in total. The summed E-state index contributed by atoms with van der Waals surface area (Å²) in [4.78, 5) is 0. The second kappa shape index (κ2) is 6.92. The Morgan fingerprint density at radius 2 is 2.11 bits per heavy atom. The number of benzene rings is 1. The molecule has 19 heavy (non-hydrogen) atoms. The van der Waals surface area contributed by atoms with Crippen LogP contribution >= 0.6 is 15.9 Å². The van der Waals surface area contributed by atoms with Gasteiger partial charge in [-0.3, -0.25) is 0 Å². The molecule has 2 aromatic rings. The molecule has 0 saturated carbocycles. The molecule has 2 rings (SSSR count). The first kappa shape index (κ1) is 14.4. The van der Waals surface area contributed by atoms with E-state index in [1.807, 2.05) is 6.07 Å². The lowest BCUT2D eigenvalue weighted by Crippen LogP contribution is -2.22. The minimum absolute atomic E-state index is 0.176. The summed E-state index contributed by atoms with van der Waals surface area (Å²) in [7, 11) is 0. The van der Waals surface area contributed by atoms with E-state index >= 15 is 0 Å². The molecule has 0 spiro atoms. The summed E-state index contributed by atoms with van der Waals surface area (Å²) in [6.07, 6.45) is 4.02. The van der Waals surface area contributed by atoms with Gasteiger partial charge in [-0.25, -0.2) is 0 Å². The highest BCUT2D eigenvalue weighted by Crippen LogP contribution is 2.30. The van der Waals surface area contributed by atoms with Crippen LogP contribution in [0.15, 0.2) is 45.7 Å². The van der Waals surface area contributed by atoms with Crippen LogP contribution in [0, 0.1) is 0 Å². The topological polar surface area (TPSA) is 25.2 Å². The van der Waals surface area contributed by atoms with Crippen molar-refractivity contribution in [2.75, 3.05) is 6.54 Å². The van der Waals surface area contributed by atoms with E-state index in [4.69, 9.17) is 4.42 Å². The second-order valence-corrected chi connectivity index (χ2v) is 5.36. The third-order valence-electron chi connectivity index (χ3n) is 3.19. The zero-order chi connectivity index (χ0) is 13.7. The van der Waals surface area contributed by atoms with Crippen molar-refractivity contribution in [1.82, 2.24) is 5.32 Å². The zero-order valence-electron chi connectivity index (χ0n) is 11.4. The lowest BCUT2D eigenvalue weighted by atomic mass is 9.98. The van der Waals surface area contributed by atoms with E-state index in [1.54, 1.807) is 6.26 Å². The van der Waals surface area contributed by atoms with Gasteiger partial charge in [0, 0.05) is 5.56 Å². The third-order valence-corrected chi connectivity index (χ3v) is 3.83. The molecule has 1 aromatic carbocycles. The molecule has 3 heteroatoms. The van der Waals surface area contributed by atoms with Crippen molar-refractivity contribution in [2.24, 2.45) is 0 Å². The van der Waals surface area contributed by atoms with Gasteiger partial charge in [-0.05, 0) is 46.1 Å². The molecule has 0 amide bonds. The van der Waals surface area contributed by atoms with Crippen LogP contribution in [0.3, 0.4) is 0 Å². The van der Waals surface area contributed by atoms with E-state index in [0.29, 0.717) is 0 Å². The van der Waals surface area contributed by atoms with Crippen molar-refractivity contribution in [1.29, 1.82) is 0 Å². The maximum absolute atomic E-state index is 5.37. The number of rotatable bonds is 6. The summed E-state index contributed by atoms with van der Waals surface area (Å²) in [6, 6.07) is 11.0. The molecule has 0 bridgehead atoms. The molecular weight excluding hydrogens is 302 g/mol. The average Bonchev–Trinajstić information content (AvgIpc) is 2.83. The van der Waals surface area contributed by atoms with Gasteiger partial charge < -0.3 is 9.73 Å². The van der Waals surface area contributed by atoms with Crippen molar-refractivity contribution in [3.05, 3.63) is 58.0 Å². The van der Waals surface area contributed by atoms with Crippen molar-refractivity contribution < 1.29 is 4.42 Å².